The van der Waals surface area contributed by atoms with Crippen LogP contribution in [0.25, 0.3) is 22.3 Å². The number of aryl methyl sites for hydroxylation is 1. The average molecular weight is 371 g/mol. The minimum atomic E-state index is -0.0428. The molecule has 5 rings (SSSR count). The Labute approximate surface area is 162 Å². The molecule has 0 bridgehead atoms. The number of imidazole rings is 1. The lowest BCUT2D eigenvalue weighted by atomic mass is 10.1. The van der Waals surface area contributed by atoms with Crippen LogP contribution in [-0.2, 0) is 0 Å². The topological polar surface area (TPSA) is 77.7 Å². The van der Waals surface area contributed by atoms with Crippen molar-refractivity contribution in [3.63, 3.8) is 0 Å². The van der Waals surface area contributed by atoms with Gasteiger partial charge in [-0.1, -0.05) is 36.4 Å². The van der Waals surface area contributed by atoms with Gasteiger partial charge in [0.05, 0.1) is 34.5 Å². The van der Waals surface area contributed by atoms with Crippen LogP contribution >= 0.6 is 0 Å². The van der Waals surface area contributed by atoms with Gasteiger partial charge < -0.3 is 9.88 Å². The number of aromatic nitrogens is 4. The second-order valence-electron chi connectivity index (χ2n) is 7.32. The number of H-pyrrole nitrogens is 2. The van der Waals surface area contributed by atoms with E-state index in [2.05, 4.69) is 34.2 Å². The van der Waals surface area contributed by atoms with E-state index in [4.69, 9.17) is 4.98 Å². The maximum Gasteiger partial charge on any atom is 0.258 e. The van der Waals surface area contributed by atoms with Gasteiger partial charge in [-0.3, -0.25) is 9.89 Å². The molecule has 1 aliphatic heterocycles. The van der Waals surface area contributed by atoms with Gasteiger partial charge in [0, 0.05) is 12.1 Å². The van der Waals surface area contributed by atoms with E-state index < -0.39 is 0 Å². The predicted octanol–water partition coefficient (Wildman–Crippen LogP) is 4.24. The largest absolute Gasteiger partial charge is 0.340 e. The summed E-state index contributed by atoms with van der Waals surface area (Å²) in [6.45, 7) is 2.79. The van der Waals surface area contributed by atoms with Crippen molar-refractivity contribution in [3.8, 4) is 11.3 Å². The van der Waals surface area contributed by atoms with Crippen LogP contribution in [-0.4, -0.2) is 37.5 Å². The minimum absolute atomic E-state index is 0.00765. The molecule has 3 heterocycles. The molecule has 140 valence electrons. The van der Waals surface area contributed by atoms with Crippen LogP contribution in [0.4, 0.5) is 0 Å². The molecule has 2 N–H and O–H groups in total. The minimum Gasteiger partial charge on any atom is -0.340 e. The lowest BCUT2D eigenvalue weighted by molar-refractivity contribution is 0.0731. The Hall–Kier alpha value is -3.41. The summed E-state index contributed by atoms with van der Waals surface area (Å²) < 4.78 is 0. The summed E-state index contributed by atoms with van der Waals surface area (Å²) >= 11 is 0. The number of rotatable bonds is 3. The molecule has 0 saturated carbocycles. The molecule has 1 amide bonds. The molecule has 1 aliphatic rings. The molecular weight excluding hydrogens is 350 g/mol. The number of benzene rings is 2. The van der Waals surface area contributed by atoms with Gasteiger partial charge in [0.1, 0.15) is 5.82 Å². The van der Waals surface area contributed by atoms with Gasteiger partial charge >= 0.3 is 0 Å². The van der Waals surface area contributed by atoms with E-state index in [9.17, 15) is 4.79 Å². The number of aromatic amines is 2. The maximum atomic E-state index is 13.4. The number of nitrogens with one attached hydrogen (secondary N) is 2. The van der Waals surface area contributed by atoms with Crippen LogP contribution < -0.4 is 0 Å². The quantitative estimate of drug-likeness (QED) is 0.565. The third kappa shape index (κ3) is 2.78. The van der Waals surface area contributed by atoms with Gasteiger partial charge in [0.25, 0.3) is 5.91 Å². The SMILES string of the molecule is Cc1ccc2nc([C@@H]3CCCN3C(=O)c3cn[nH]c3-c3ccccc3)[nH]c2c1. The summed E-state index contributed by atoms with van der Waals surface area (Å²) in [5.41, 5.74) is 5.46. The van der Waals surface area contributed by atoms with E-state index in [1.165, 1.54) is 5.56 Å². The summed E-state index contributed by atoms with van der Waals surface area (Å²) in [4.78, 5) is 23.5. The molecule has 0 aliphatic carbocycles. The number of nitrogens with zero attached hydrogens (tertiary/aromatic N) is 3. The monoisotopic (exact) mass is 371 g/mol. The number of carbonyl (C=O) groups excluding carboxylic acids is 1. The zero-order valence-corrected chi connectivity index (χ0v) is 15.6. The van der Waals surface area contributed by atoms with Crippen LogP contribution in [0.2, 0.25) is 0 Å². The van der Waals surface area contributed by atoms with E-state index in [0.717, 1.165) is 47.5 Å². The van der Waals surface area contributed by atoms with Crippen molar-refractivity contribution < 1.29 is 4.79 Å². The molecule has 1 saturated heterocycles. The van der Waals surface area contributed by atoms with Crippen LogP contribution in [0, 0.1) is 6.92 Å². The van der Waals surface area contributed by atoms with Crippen molar-refractivity contribution >= 4 is 16.9 Å². The first kappa shape index (κ1) is 16.7. The first-order valence-electron chi connectivity index (χ1n) is 9.57. The molecule has 4 aromatic rings. The Morgan fingerprint density at radius 3 is 2.89 bits per heavy atom. The number of fused-ring (bicyclic) bond motifs is 1. The molecule has 2 aromatic heterocycles. The fourth-order valence-corrected chi connectivity index (χ4v) is 4.02. The molecule has 0 radical (unpaired) electrons. The summed E-state index contributed by atoms with van der Waals surface area (Å²) in [6.07, 6.45) is 3.50. The first-order valence-corrected chi connectivity index (χ1v) is 9.57. The molecule has 6 heteroatoms. The van der Waals surface area contributed by atoms with Crippen LogP contribution in [0.3, 0.4) is 0 Å². The van der Waals surface area contributed by atoms with E-state index >= 15 is 0 Å². The second-order valence-corrected chi connectivity index (χ2v) is 7.32. The number of likely N-dealkylation sites (tertiary alicyclic amines) is 1. The predicted molar refractivity (Wildman–Crippen MR) is 108 cm³/mol. The first-order chi connectivity index (χ1) is 13.7. The summed E-state index contributed by atoms with van der Waals surface area (Å²) in [5, 5.41) is 7.13. The normalized spacial score (nSPS) is 16.8. The highest BCUT2D eigenvalue weighted by atomic mass is 16.2. The Morgan fingerprint density at radius 2 is 2.04 bits per heavy atom. The fraction of sp³-hybridized carbons (Fsp3) is 0.227. The molecule has 1 atom stereocenters. The fourth-order valence-electron chi connectivity index (χ4n) is 4.02. The van der Waals surface area contributed by atoms with Crippen LogP contribution in [0.15, 0.2) is 54.7 Å². The van der Waals surface area contributed by atoms with Crippen molar-refractivity contribution in [1.29, 1.82) is 0 Å². The van der Waals surface area contributed by atoms with Crippen molar-refractivity contribution in [3.05, 3.63) is 71.7 Å². The number of hydrogen-bond acceptors (Lipinski definition) is 3. The van der Waals surface area contributed by atoms with Crippen molar-refractivity contribution in [2.24, 2.45) is 0 Å². The van der Waals surface area contributed by atoms with Crippen LogP contribution in [0.5, 0.6) is 0 Å². The van der Waals surface area contributed by atoms with E-state index in [1.807, 2.05) is 41.3 Å². The highest BCUT2D eigenvalue weighted by Crippen LogP contribution is 2.34. The van der Waals surface area contributed by atoms with Crippen LogP contribution in [0.1, 0.15) is 40.6 Å². The molecule has 0 spiro atoms. The smallest absolute Gasteiger partial charge is 0.258 e. The number of hydrogen-bond donors (Lipinski definition) is 2. The van der Waals surface area contributed by atoms with Crippen molar-refractivity contribution in [2.45, 2.75) is 25.8 Å². The van der Waals surface area contributed by atoms with Gasteiger partial charge in [0.15, 0.2) is 0 Å². The van der Waals surface area contributed by atoms with E-state index in [-0.39, 0.29) is 11.9 Å². The zero-order chi connectivity index (χ0) is 19.1. The molecule has 6 nitrogen and oxygen atoms in total. The van der Waals surface area contributed by atoms with Gasteiger partial charge in [-0.2, -0.15) is 5.10 Å². The van der Waals surface area contributed by atoms with E-state index in [1.54, 1.807) is 6.20 Å². The lowest BCUT2D eigenvalue weighted by Gasteiger charge is -2.23. The van der Waals surface area contributed by atoms with Gasteiger partial charge in [-0.25, -0.2) is 4.98 Å². The van der Waals surface area contributed by atoms with Gasteiger partial charge in [-0.05, 0) is 37.5 Å². The Bertz CT molecular complexity index is 1140. The Balaban J connectivity index is 1.49. The highest BCUT2D eigenvalue weighted by Gasteiger charge is 2.34. The van der Waals surface area contributed by atoms with Gasteiger partial charge in [-0.15, -0.1) is 0 Å². The molecule has 1 fully saturated rings. The number of amides is 1. The lowest BCUT2D eigenvalue weighted by Crippen LogP contribution is -2.31. The third-order valence-corrected chi connectivity index (χ3v) is 5.42. The van der Waals surface area contributed by atoms with Gasteiger partial charge in [0.2, 0.25) is 0 Å². The zero-order valence-electron chi connectivity index (χ0n) is 15.6. The third-order valence-electron chi connectivity index (χ3n) is 5.42. The Morgan fingerprint density at radius 1 is 1.18 bits per heavy atom. The summed E-state index contributed by atoms with van der Waals surface area (Å²) in [7, 11) is 0. The molecular formula is C22H21N5O. The second kappa shape index (κ2) is 6.64. The number of carbonyl (C=O) groups is 1. The average Bonchev–Trinajstić information content (AvgIpc) is 3.45. The summed E-state index contributed by atoms with van der Waals surface area (Å²) in [6, 6.07) is 16.0. The molecule has 0 unspecified atom stereocenters. The summed E-state index contributed by atoms with van der Waals surface area (Å²) in [5.74, 6) is 0.850. The van der Waals surface area contributed by atoms with Crippen molar-refractivity contribution in [2.75, 3.05) is 6.54 Å². The standard InChI is InChI=1S/C22H21N5O/c1-14-9-10-17-18(12-14)25-21(24-17)19-8-5-11-27(19)22(28)16-13-23-26-20(16)15-6-3-2-4-7-15/h2-4,6-7,9-10,12-13,19H,5,8,11H2,1H3,(H,23,26)(H,24,25)/t19-/m0/s1. The maximum absolute atomic E-state index is 13.4. The van der Waals surface area contributed by atoms with Crippen molar-refractivity contribution in [1.82, 2.24) is 25.1 Å². The van der Waals surface area contributed by atoms with E-state index in [0.29, 0.717) is 5.56 Å². The molecule has 2 aromatic carbocycles. The highest BCUT2D eigenvalue weighted by molar-refractivity contribution is 6.00. The Kier molecular flexibility index (Phi) is 3.97. The molecule has 28 heavy (non-hydrogen) atoms.